The lowest BCUT2D eigenvalue weighted by Crippen LogP contribution is -1.98. The van der Waals surface area contributed by atoms with Gasteiger partial charge in [0.05, 0.1) is 0 Å². The van der Waals surface area contributed by atoms with Crippen LogP contribution in [-0.2, 0) is 11.2 Å². The van der Waals surface area contributed by atoms with E-state index in [0.717, 1.165) is 44.6 Å². The number of furan rings is 2. The van der Waals surface area contributed by atoms with E-state index in [1.54, 1.807) is 6.92 Å². The lowest BCUT2D eigenvalue weighted by atomic mass is 9.98. The molecule has 1 aromatic carbocycles. The monoisotopic (exact) mass is 256 g/mol. The third-order valence-electron chi connectivity index (χ3n) is 3.48. The molecule has 0 aliphatic rings. The van der Waals surface area contributed by atoms with Crippen molar-refractivity contribution >= 4 is 27.7 Å². The van der Waals surface area contributed by atoms with Crippen LogP contribution in [-0.4, -0.2) is 5.78 Å². The van der Waals surface area contributed by atoms with E-state index >= 15 is 0 Å². The Morgan fingerprint density at radius 2 is 1.58 bits per heavy atom. The van der Waals surface area contributed by atoms with Crippen LogP contribution in [0.2, 0.25) is 0 Å². The van der Waals surface area contributed by atoms with Crippen LogP contribution in [0.25, 0.3) is 21.9 Å². The first-order valence-corrected chi connectivity index (χ1v) is 6.38. The molecular weight excluding hydrogens is 240 g/mol. The van der Waals surface area contributed by atoms with Gasteiger partial charge in [-0.25, -0.2) is 0 Å². The van der Waals surface area contributed by atoms with Crippen molar-refractivity contribution in [3.05, 3.63) is 34.8 Å². The van der Waals surface area contributed by atoms with Crippen LogP contribution < -0.4 is 0 Å². The number of fused-ring (bicyclic) bond motifs is 2. The molecule has 3 rings (SSSR count). The Labute approximate surface area is 111 Å². The second-order valence-electron chi connectivity index (χ2n) is 5.18. The van der Waals surface area contributed by atoms with Gasteiger partial charge in [0.2, 0.25) is 0 Å². The van der Waals surface area contributed by atoms with Crippen LogP contribution >= 0.6 is 0 Å². The molecule has 98 valence electrons. The molecule has 19 heavy (non-hydrogen) atoms. The van der Waals surface area contributed by atoms with E-state index in [2.05, 4.69) is 0 Å². The number of rotatable bonds is 2. The van der Waals surface area contributed by atoms with Gasteiger partial charge in [0, 0.05) is 28.3 Å². The predicted octanol–water partition coefficient (Wildman–Crippen LogP) is 4.24. The molecule has 2 heterocycles. The highest BCUT2D eigenvalue weighted by atomic mass is 16.3. The lowest BCUT2D eigenvalue weighted by Gasteiger charge is -2.05. The lowest BCUT2D eigenvalue weighted by molar-refractivity contribution is -0.116. The van der Waals surface area contributed by atoms with Gasteiger partial charge in [0.15, 0.2) is 0 Å². The van der Waals surface area contributed by atoms with E-state index in [0.29, 0.717) is 6.42 Å². The Balaban J connectivity index is 2.50. The SMILES string of the molecule is CC(=O)Cc1c2cc(C)oc2c(C)c2cc(C)oc12. The zero-order valence-electron chi connectivity index (χ0n) is 11.6. The number of ketones is 1. The maximum atomic E-state index is 11.5. The van der Waals surface area contributed by atoms with Crippen molar-refractivity contribution in [2.75, 3.05) is 0 Å². The minimum atomic E-state index is 0.124. The Bertz CT molecular complexity index is 745. The molecule has 0 N–H and O–H groups in total. The number of benzene rings is 1. The summed E-state index contributed by atoms with van der Waals surface area (Å²) in [7, 11) is 0. The summed E-state index contributed by atoms with van der Waals surface area (Å²) >= 11 is 0. The quantitative estimate of drug-likeness (QED) is 0.689. The van der Waals surface area contributed by atoms with Crippen molar-refractivity contribution in [2.24, 2.45) is 0 Å². The third kappa shape index (κ3) is 1.77. The Kier molecular flexibility index (Phi) is 2.52. The smallest absolute Gasteiger partial charge is 0.139 e. The van der Waals surface area contributed by atoms with Crippen LogP contribution in [0, 0.1) is 20.8 Å². The minimum absolute atomic E-state index is 0.124. The van der Waals surface area contributed by atoms with Gasteiger partial charge in [-0.05, 0) is 39.8 Å². The van der Waals surface area contributed by atoms with Gasteiger partial charge < -0.3 is 8.83 Å². The summed E-state index contributed by atoms with van der Waals surface area (Å²) in [6.07, 6.45) is 0.374. The summed E-state index contributed by atoms with van der Waals surface area (Å²) < 4.78 is 11.6. The van der Waals surface area contributed by atoms with E-state index in [1.807, 2.05) is 32.9 Å². The molecule has 0 amide bonds. The molecule has 0 fully saturated rings. The summed E-state index contributed by atoms with van der Waals surface area (Å²) in [6.45, 7) is 7.47. The molecule has 0 aliphatic heterocycles. The maximum absolute atomic E-state index is 11.5. The number of hydrogen-bond acceptors (Lipinski definition) is 3. The van der Waals surface area contributed by atoms with E-state index < -0.39 is 0 Å². The van der Waals surface area contributed by atoms with Crippen LogP contribution in [0.4, 0.5) is 0 Å². The van der Waals surface area contributed by atoms with Gasteiger partial charge in [-0.15, -0.1) is 0 Å². The summed E-state index contributed by atoms with van der Waals surface area (Å²) in [5, 5.41) is 2.03. The molecule has 3 nitrogen and oxygen atoms in total. The van der Waals surface area contributed by atoms with Crippen molar-refractivity contribution < 1.29 is 13.6 Å². The van der Waals surface area contributed by atoms with Crippen LogP contribution in [0.1, 0.15) is 29.6 Å². The molecular formula is C16H16O3. The number of Topliss-reactive ketones (excluding diaryl/α,β-unsaturated/α-hetero) is 1. The first-order chi connectivity index (χ1) is 8.97. The van der Waals surface area contributed by atoms with E-state index in [-0.39, 0.29) is 5.78 Å². The largest absolute Gasteiger partial charge is 0.461 e. The van der Waals surface area contributed by atoms with E-state index in [9.17, 15) is 4.79 Å². The van der Waals surface area contributed by atoms with Crippen LogP contribution in [0.3, 0.4) is 0 Å². The normalized spacial score (nSPS) is 11.6. The molecule has 0 saturated carbocycles. The van der Waals surface area contributed by atoms with E-state index in [4.69, 9.17) is 8.83 Å². The molecule has 0 unspecified atom stereocenters. The summed E-state index contributed by atoms with van der Waals surface area (Å²) in [5.74, 6) is 1.83. The second-order valence-corrected chi connectivity index (χ2v) is 5.18. The molecule has 0 spiro atoms. The topological polar surface area (TPSA) is 43.4 Å². The zero-order valence-corrected chi connectivity index (χ0v) is 11.6. The molecule has 2 aromatic heterocycles. The highest BCUT2D eigenvalue weighted by Gasteiger charge is 2.19. The maximum Gasteiger partial charge on any atom is 0.139 e. The number of hydrogen-bond donors (Lipinski definition) is 0. The average Bonchev–Trinajstić information content (AvgIpc) is 2.87. The highest BCUT2D eigenvalue weighted by molar-refractivity contribution is 6.03. The number of carbonyl (C=O) groups is 1. The number of carbonyl (C=O) groups excluding carboxylic acids is 1. The molecule has 0 bridgehead atoms. The summed E-state index contributed by atoms with van der Waals surface area (Å²) in [4.78, 5) is 11.5. The standard InChI is InChI=1S/C16H16O3/c1-8(17)5-13-14-7-10(3)18-15(14)11(4)12-6-9(2)19-16(12)13/h6-7H,5H2,1-4H3. The van der Waals surface area contributed by atoms with Gasteiger partial charge in [-0.1, -0.05) is 0 Å². The predicted molar refractivity (Wildman–Crippen MR) is 74.6 cm³/mol. The molecule has 3 heteroatoms. The average molecular weight is 256 g/mol. The Morgan fingerprint density at radius 1 is 1.00 bits per heavy atom. The summed E-state index contributed by atoms with van der Waals surface area (Å²) in [5.41, 5.74) is 3.69. The molecule has 0 saturated heterocycles. The van der Waals surface area contributed by atoms with Crippen LogP contribution in [0.15, 0.2) is 21.0 Å². The fourth-order valence-corrected chi connectivity index (χ4v) is 2.70. The van der Waals surface area contributed by atoms with Gasteiger partial charge in [-0.2, -0.15) is 0 Å². The fourth-order valence-electron chi connectivity index (χ4n) is 2.70. The Morgan fingerprint density at radius 3 is 2.21 bits per heavy atom. The van der Waals surface area contributed by atoms with Crippen molar-refractivity contribution in [1.29, 1.82) is 0 Å². The third-order valence-corrected chi connectivity index (χ3v) is 3.48. The van der Waals surface area contributed by atoms with Gasteiger partial charge in [0.25, 0.3) is 0 Å². The highest BCUT2D eigenvalue weighted by Crippen LogP contribution is 2.36. The molecule has 3 aromatic rings. The van der Waals surface area contributed by atoms with Crippen molar-refractivity contribution in [3.63, 3.8) is 0 Å². The van der Waals surface area contributed by atoms with Crippen molar-refractivity contribution in [3.8, 4) is 0 Å². The summed E-state index contributed by atoms with van der Waals surface area (Å²) in [6, 6.07) is 3.99. The minimum Gasteiger partial charge on any atom is -0.461 e. The van der Waals surface area contributed by atoms with Gasteiger partial charge in [0.1, 0.15) is 28.5 Å². The van der Waals surface area contributed by atoms with Crippen molar-refractivity contribution in [2.45, 2.75) is 34.1 Å². The second kappa shape index (κ2) is 3.98. The molecule has 0 aliphatic carbocycles. The van der Waals surface area contributed by atoms with Crippen molar-refractivity contribution in [1.82, 2.24) is 0 Å². The first-order valence-electron chi connectivity index (χ1n) is 6.38. The van der Waals surface area contributed by atoms with Gasteiger partial charge >= 0.3 is 0 Å². The number of aryl methyl sites for hydroxylation is 3. The Hall–Kier alpha value is -2.03. The first kappa shape index (κ1) is 12.0. The van der Waals surface area contributed by atoms with Crippen LogP contribution in [0.5, 0.6) is 0 Å². The van der Waals surface area contributed by atoms with E-state index in [1.165, 1.54) is 0 Å². The van der Waals surface area contributed by atoms with Gasteiger partial charge in [-0.3, -0.25) is 4.79 Å². The zero-order chi connectivity index (χ0) is 13.7. The molecule has 0 atom stereocenters. The molecule has 0 radical (unpaired) electrons. The fraction of sp³-hybridized carbons (Fsp3) is 0.312.